The molecule has 0 amide bonds. The molecule has 0 aromatic carbocycles. The highest BCUT2D eigenvalue weighted by Gasteiger charge is 2.66. The van der Waals surface area contributed by atoms with Crippen molar-refractivity contribution in [3.05, 3.63) is 0 Å². The first kappa shape index (κ1) is 14.4. The molecule has 4 bridgehead atoms. The monoisotopic (exact) mass is 296 g/mol. The molecule has 0 aromatic heterocycles. The van der Waals surface area contributed by atoms with Gasteiger partial charge in [0, 0.05) is 0 Å². The van der Waals surface area contributed by atoms with Gasteiger partial charge in [-0.3, -0.25) is 14.4 Å². The summed E-state index contributed by atoms with van der Waals surface area (Å²) in [6.07, 6.45) is 3.28. The van der Waals surface area contributed by atoms with E-state index < -0.39 is 34.2 Å². The zero-order valence-electron chi connectivity index (χ0n) is 11.8. The smallest absolute Gasteiger partial charge is 0.309 e. The Balaban J connectivity index is 2.01. The highest BCUT2D eigenvalue weighted by molar-refractivity contribution is 5.77. The normalized spacial score (nSPS) is 43.7. The molecule has 0 radical (unpaired) electrons. The minimum Gasteiger partial charge on any atom is -0.481 e. The molecule has 0 aliphatic heterocycles. The van der Waals surface area contributed by atoms with Crippen molar-refractivity contribution in [3.8, 4) is 0 Å². The fourth-order valence-corrected chi connectivity index (χ4v) is 6.12. The fourth-order valence-electron chi connectivity index (χ4n) is 6.12. The topological polar surface area (TPSA) is 112 Å². The molecule has 4 rings (SSSR count). The van der Waals surface area contributed by atoms with Gasteiger partial charge in [-0.05, 0) is 55.3 Å². The zero-order valence-corrected chi connectivity index (χ0v) is 11.8. The number of rotatable bonds is 5. The van der Waals surface area contributed by atoms with Crippen LogP contribution in [0.4, 0.5) is 0 Å². The summed E-state index contributed by atoms with van der Waals surface area (Å²) < 4.78 is 0. The zero-order chi connectivity index (χ0) is 15.5. The van der Waals surface area contributed by atoms with Crippen molar-refractivity contribution < 1.29 is 29.7 Å². The molecule has 0 unspecified atom stereocenters. The van der Waals surface area contributed by atoms with Crippen LogP contribution in [0.25, 0.3) is 0 Å². The van der Waals surface area contributed by atoms with Gasteiger partial charge in [0.1, 0.15) is 0 Å². The second kappa shape index (κ2) is 4.21. The molecule has 6 nitrogen and oxygen atoms in total. The molecule has 21 heavy (non-hydrogen) atoms. The first-order valence-electron chi connectivity index (χ1n) is 7.35. The highest BCUT2D eigenvalue weighted by Crippen LogP contribution is 2.71. The molecule has 4 aliphatic carbocycles. The van der Waals surface area contributed by atoms with Crippen molar-refractivity contribution in [2.45, 2.75) is 51.4 Å². The first-order chi connectivity index (χ1) is 9.68. The lowest BCUT2D eigenvalue weighted by Crippen LogP contribution is -2.60. The first-order valence-corrected chi connectivity index (χ1v) is 7.35. The van der Waals surface area contributed by atoms with Gasteiger partial charge in [-0.25, -0.2) is 0 Å². The quantitative estimate of drug-likeness (QED) is 0.715. The van der Waals surface area contributed by atoms with Gasteiger partial charge in [0.15, 0.2) is 0 Å². The third-order valence-corrected chi connectivity index (χ3v) is 5.81. The van der Waals surface area contributed by atoms with Crippen LogP contribution in [-0.4, -0.2) is 33.2 Å². The predicted molar refractivity (Wildman–Crippen MR) is 70.6 cm³/mol. The van der Waals surface area contributed by atoms with E-state index in [2.05, 4.69) is 0 Å². The molecule has 0 spiro atoms. The molecule has 2 atom stereocenters. The summed E-state index contributed by atoms with van der Waals surface area (Å²) in [6, 6.07) is 0. The van der Waals surface area contributed by atoms with Crippen molar-refractivity contribution in [1.29, 1.82) is 0 Å². The summed E-state index contributed by atoms with van der Waals surface area (Å²) in [5.74, 6) is -2.56. The van der Waals surface area contributed by atoms with Gasteiger partial charge < -0.3 is 15.3 Å². The number of aliphatic carboxylic acids is 3. The average Bonchev–Trinajstić information content (AvgIpc) is 2.22. The SMILES string of the molecule is O=C(O)C[C@]12CC3CC(C(=O)O)(C1)C[C@](CC(=O)O)(C3)C2. The van der Waals surface area contributed by atoms with Crippen LogP contribution < -0.4 is 0 Å². The number of carboxylic acid groups (broad SMARTS) is 3. The summed E-state index contributed by atoms with van der Waals surface area (Å²) >= 11 is 0. The summed E-state index contributed by atoms with van der Waals surface area (Å²) in [6.45, 7) is 0. The number of carbonyl (C=O) groups is 3. The van der Waals surface area contributed by atoms with Gasteiger partial charge in [-0.15, -0.1) is 0 Å². The van der Waals surface area contributed by atoms with Gasteiger partial charge in [-0.2, -0.15) is 0 Å². The maximum absolute atomic E-state index is 11.8. The Hall–Kier alpha value is -1.59. The van der Waals surface area contributed by atoms with Crippen molar-refractivity contribution >= 4 is 17.9 Å². The molecule has 0 heterocycles. The van der Waals surface area contributed by atoms with Crippen LogP contribution in [0.15, 0.2) is 0 Å². The minimum absolute atomic E-state index is 0.0418. The Morgan fingerprint density at radius 1 is 0.810 bits per heavy atom. The minimum atomic E-state index is -0.914. The Kier molecular flexibility index (Phi) is 2.88. The Morgan fingerprint density at radius 3 is 1.67 bits per heavy atom. The van der Waals surface area contributed by atoms with E-state index in [1.54, 1.807) is 0 Å². The fraction of sp³-hybridized carbons (Fsp3) is 0.800. The van der Waals surface area contributed by atoms with Crippen LogP contribution in [-0.2, 0) is 14.4 Å². The van der Waals surface area contributed by atoms with E-state index in [0.717, 1.165) is 12.8 Å². The molecule has 116 valence electrons. The maximum Gasteiger partial charge on any atom is 0.309 e. The average molecular weight is 296 g/mol. The molecule has 4 saturated carbocycles. The van der Waals surface area contributed by atoms with Gasteiger partial charge in [0.05, 0.1) is 18.3 Å². The lowest BCUT2D eigenvalue weighted by atomic mass is 9.38. The van der Waals surface area contributed by atoms with Crippen LogP contribution in [0.1, 0.15) is 51.4 Å². The molecular weight excluding hydrogens is 276 g/mol. The van der Waals surface area contributed by atoms with E-state index >= 15 is 0 Å². The summed E-state index contributed by atoms with van der Waals surface area (Å²) in [5, 5.41) is 28.1. The highest BCUT2D eigenvalue weighted by atomic mass is 16.4. The third-order valence-electron chi connectivity index (χ3n) is 5.81. The van der Waals surface area contributed by atoms with Gasteiger partial charge in [0.25, 0.3) is 0 Å². The summed E-state index contributed by atoms with van der Waals surface area (Å²) in [7, 11) is 0. The largest absolute Gasteiger partial charge is 0.481 e. The molecule has 6 heteroatoms. The maximum atomic E-state index is 11.8. The second-order valence-electron chi connectivity index (χ2n) is 7.74. The Labute approximate surface area is 122 Å². The molecule has 0 saturated heterocycles. The number of carboxylic acids is 3. The number of hydrogen-bond acceptors (Lipinski definition) is 3. The Bertz CT molecular complexity index is 492. The lowest BCUT2D eigenvalue weighted by molar-refractivity contribution is -0.198. The summed E-state index contributed by atoms with van der Waals surface area (Å²) in [5.41, 5.74) is -1.97. The molecular formula is C15H20O6. The van der Waals surface area contributed by atoms with Crippen LogP contribution in [0.3, 0.4) is 0 Å². The van der Waals surface area contributed by atoms with Crippen LogP contribution >= 0.6 is 0 Å². The Morgan fingerprint density at radius 2 is 1.29 bits per heavy atom. The van der Waals surface area contributed by atoms with Crippen molar-refractivity contribution in [3.63, 3.8) is 0 Å². The van der Waals surface area contributed by atoms with E-state index in [-0.39, 0.29) is 18.8 Å². The van der Waals surface area contributed by atoms with Crippen LogP contribution in [0.5, 0.6) is 0 Å². The van der Waals surface area contributed by atoms with Crippen molar-refractivity contribution in [2.24, 2.45) is 22.2 Å². The van der Waals surface area contributed by atoms with Gasteiger partial charge in [0.2, 0.25) is 0 Å². The molecule has 4 fully saturated rings. The lowest BCUT2D eigenvalue weighted by Gasteiger charge is -2.65. The van der Waals surface area contributed by atoms with E-state index in [4.69, 9.17) is 0 Å². The predicted octanol–water partition coefficient (Wildman–Crippen LogP) is 1.98. The van der Waals surface area contributed by atoms with E-state index in [9.17, 15) is 29.7 Å². The second-order valence-corrected chi connectivity index (χ2v) is 7.74. The van der Waals surface area contributed by atoms with Crippen molar-refractivity contribution in [2.75, 3.05) is 0 Å². The van der Waals surface area contributed by atoms with Crippen LogP contribution in [0.2, 0.25) is 0 Å². The molecule has 0 aromatic rings. The summed E-state index contributed by atoms with van der Waals surface area (Å²) in [4.78, 5) is 34.3. The van der Waals surface area contributed by atoms with Gasteiger partial charge >= 0.3 is 17.9 Å². The van der Waals surface area contributed by atoms with Crippen LogP contribution in [0, 0.1) is 22.2 Å². The van der Waals surface area contributed by atoms with Gasteiger partial charge in [-0.1, -0.05) is 0 Å². The number of hydrogen-bond donors (Lipinski definition) is 3. The van der Waals surface area contributed by atoms with E-state index in [1.165, 1.54) is 0 Å². The molecule has 4 aliphatic rings. The van der Waals surface area contributed by atoms with Crippen molar-refractivity contribution in [1.82, 2.24) is 0 Å². The van der Waals surface area contributed by atoms with E-state index in [1.807, 2.05) is 0 Å². The van der Waals surface area contributed by atoms with E-state index in [0.29, 0.717) is 25.7 Å². The molecule has 3 N–H and O–H groups in total. The third kappa shape index (κ3) is 2.21. The standard InChI is InChI=1S/C15H20O6/c16-10(17)4-13-1-9-2-14(6-13,5-11(18)19)8-15(3-9,7-13)12(20)21/h9H,1-8H2,(H,16,17)(H,18,19)(H,20,21)/t9?,13-,14-,15?/m0/s1.